The monoisotopic (exact) mass is 354 g/mol. The van der Waals surface area contributed by atoms with Crippen LogP contribution in [-0.4, -0.2) is 55.4 Å². The van der Waals surface area contributed by atoms with Crippen LogP contribution >= 0.6 is 0 Å². The van der Waals surface area contributed by atoms with Crippen LogP contribution in [0.1, 0.15) is 49.9 Å². The Hall–Kier alpha value is -1.59. The molecule has 0 bridgehead atoms. The van der Waals surface area contributed by atoms with E-state index in [0.717, 1.165) is 69.4 Å². The predicted octanol–water partition coefficient (Wildman–Crippen LogP) is 2.38. The Morgan fingerprint density at radius 2 is 2.04 bits per heavy atom. The third kappa shape index (κ3) is 4.57. The molecule has 0 unspecified atom stereocenters. The summed E-state index contributed by atoms with van der Waals surface area (Å²) in [5, 5.41) is 1.08. The molecule has 26 heavy (non-hydrogen) atoms. The second-order valence-electron chi connectivity index (χ2n) is 7.58. The van der Waals surface area contributed by atoms with Crippen LogP contribution in [0.3, 0.4) is 0 Å². The summed E-state index contributed by atoms with van der Waals surface area (Å²) in [6.07, 6.45) is 7.01. The van der Waals surface area contributed by atoms with Crippen molar-refractivity contribution in [1.29, 1.82) is 0 Å². The number of carbonyl (C=O) groups is 1. The quantitative estimate of drug-likeness (QED) is 0.539. The van der Waals surface area contributed by atoms with E-state index >= 15 is 0 Å². The lowest BCUT2D eigenvalue weighted by atomic mass is 9.94. The largest absolute Gasteiger partial charge is 0.378 e. The number of benzene rings is 1. The highest BCUT2D eigenvalue weighted by Gasteiger charge is 2.19. The van der Waals surface area contributed by atoms with Crippen LogP contribution in [0.2, 0.25) is 0 Å². The number of fused-ring (bicyclic) bond motifs is 1. The number of carbonyl (C=O) groups excluding carboxylic acids is 1. The number of nitrogens with zero attached hydrogens (tertiary/aromatic N) is 2. The molecule has 0 spiro atoms. The van der Waals surface area contributed by atoms with E-state index in [1.807, 2.05) is 6.20 Å². The summed E-state index contributed by atoms with van der Waals surface area (Å²) >= 11 is 0. The van der Waals surface area contributed by atoms with Crippen LogP contribution in [-0.2, 0) is 11.3 Å². The Bertz CT molecular complexity index is 748. The number of ether oxygens (including phenoxy) is 1. The lowest BCUT2D eigenvalue weighted by molar-refractivity contribution is 0.00759. The van der Waals surface area contributed by atoms with Crippen LogP contribution in [0.4, 0.5) is 0 Å². The number of aromatic nitrogens is 1. The maximum Gasteiger partial charge on any atom is 0.161 e. The summed E-state index contributed by atoms with van der Waals surface area (Å²) in [4.78, 5) is 14.5. The van der Waals surface area contributed by atoms with Gasteiger partial charge in [-0.05, 0) is 45.2 Å². The molecule has 4 nitrogen and oxygen atoms in total. The molecule has 0 amide bonds. The van der Waals surface area contributed by atoms with E-state index in [1.165, 1.54) is 11.0 Å². The van der Waals surface area contributed by atoms with Gasteiger partial charge in [0.2, 0.25) is 0 Å². The van der Waals surface area contributed by atoms with Crippen molar-refractivity contribution < 1.29 is 9.53 Å². The summed E-state index contributed by atoms with van der Waals surface area (Å²) in [5.41, 5.74) is 3.26. The first-order chi connectivity index (χ1) is 12.6. The minimum absolute atomic E-state index is 0.145. The van der Waals surface area contributed by atoms with Gasteiger partial charge in [-0.25, -0.2) is 0 Å². The van der Waals surface area contributed by atoms with Crippen molar-refractivity contribution in [2.75, 3.05) is 26.2 Å². The molecule has 3 rings (SSSR count). The van der Waals surface area contributed by atoms with Gasteiger partial charge in [0.25, 0.3) is 0 Å². The van der Waals surface area contributed by atoms with Gasteiger partial charge in [0, 0.05) is 48.9 Å². The van der Waals surface area contributed by atoms with Gasteiger partial charge in [0.15, 0.2) is 5.78 Å². The average molecular weight is 354 g/mol. The highest BCUT2D eigenvalue weighted by molar-refractivity contribution is 6.33. The number of ketones is 1. The zero-order chi connectivity index (χ0) is 18.5. The molecule has 0 aliphatic carbocycles. The number of likely N-dealkylation sites (tertiary alicyclic amines) is 1. The van der Waals surface area contributed by atoms with Gasteiger partial charge >= 0.3 is 0 Å². The first-order valence-electron chi connectivity index (χ1n) is 10.0. The van der Waals surface area contributed by atoms with Crippen LogP contribution in [0.25, 0.3) is 10.9 Å². The normalized spacial score (nSPS) is 16.4. The molecule has 2 aromatic rings. The van der Waals surface area contributed by atoms with Gasteiger partial charge < -0.3 is 14.2 Å². The lowest BCUT2D eigenvalue weighted by Crippen LogP contribution is -2.37. The summed E-state index contributed by atoms with van der Waals surface area (Å²) in [6.45, 7) is 9.06. The van der Waals surface area contributed by atoms with Crippen molar-refractivity contribution in [3.05, 3.63) is 30.0 Å². The third-order valence-corrected chi connectivity index (χ3v) is 5.38. The Labute approximate surface area is 157 Å². The van der Waals surface area contributed by atoms with Crippen molar-refractivity contribution in [2.24, 2.45) is 0 Å². The summed E-state index contributed by atoms with van der Waals surface area (Å²) in [5.74, 6) is 0.145. The predicted molar refractivity (Wildman–Crippen MR) is 110 cm³/mol. The summed E-state index contributed by atoms with van der Waals surface area (Å²) < 4.78 is 8.14. The highest BCUT2D eigenvalue weighted by atomic mass is 16.5. The van der Waals surface area contributed by atoms with Gasteiger partial charge in [-0.2, -0.15) is 0 Å². The van der Waals surface area contributed by atoms with Gasteiger partial charge in [0.05, 0.1) is 6.10 Å². The van der Waals surface area contributed by atoms with Crippen molar-refractivity contribution in [3.8, 4) is 0 Å². The summed E-state index contributed by atoms with van der Waals surface area (Å²) in [7, 11) is 2.11. The minimum atomic E-state index is 0.145. The van der Waals surface area contributed by atoms with E-state index in [1.54, 1.807) is 6.92 Å². The minimum Gasteiger partial charge on any atom is -0.378 e. The molecular formula is C21H31BN2O2. The van der Waals surface area contributed by atoms with E-state index in [4.69, 9.17) is 4.74 Å². The molecule has 1 saturated heterocycles. The van der Waals surface area contributed by atoms with Crippen LogP contribution < -0.4 is 5.46 Å². The molecule has 140 valence electrons. The van der Waals surface area contributed by atoms with Gasteiger partial charge in [-0.3, -0.25) is 4.79 Å². The van der Waals surface area contributed by atoms with Crippen LogP contribution in [0, 0.1) is 0 Å². The van der Waals surface area contributed by atoms with E-state index in [-0.39, 0.29) is 5.78 Å². The topological polar surface area (TPSA) is 34.5 Å². The van der Waals surface area contributed by atoms with Crippen molar-refractivity contribution >= 4 is 30.0 Å². The fourth-order valence-electron chi connectivity index (χ4n) is 3.92. The lowest BCUT2D eigenvalue weighted by Gasteiger charge is -2.31. The molecule has 0 saturated carbocycles. The maximum atomic E-state index is 12.0. The van der Waals surface area contributed by atoms with E-state index in [9.17, 15) is 4.79 Å². The Morgan fingerprint density at radius 3 is 2.73 bits per heavy atom. The number of piperidine rings is 1. The first kappa shape index (κ1) is 19.2. The van der Waals surface area contributed by atoms with Crippen molar-refractivity contribution in [2.45, 2.75) is 52.2 Å². The molecule has 1 aromatic carbocycles. The van der Waals surface area contributed by atoms with E-state index < -0.39 is 0 Å². The standard InChI is InChI=1S/C21H31BN2O2/c1-3-13-26-18-7-11-23(12-8-18)9-4-10-24-15-20(16(2)25)19-6-5-17(22)14-21(19)24/h5-6,14-15,18H,3-4,7-13,22H2,1-2H3. The van der Waals surface area contributed by atoms with Crippen LogP contribution in [0.15, 0.2) is 24.4 Å². The molecule has 5 heteroatoms. The molecule has 1 aliphatic heterocycles. The fraction of sp³-hybridized carbons (Fsp3) is 0.571. The zero-order valence-corrected chi connectivity index (χ0v) is 16.5. The van der Waals surface area contributed by atoms with Gasteiger partial charge in [-0.1, -0.05) is 24.5 Å². The smallest absolute Gasteiger partial charge is 0.161 e. The number of rotatable bonds is 8. The third-order valence-electron chi connectivity index (χ3n) is 5.38. The van der Waals surface area contributed by atoms with Crippen molar-refractivity contribution in [3.63, 3.8) is 0 Å². The molecular weight excluding hydrogens is 323 g/mol. The molecule has 1 aliphatic rings. The molecule has 0 atom stereocenters. The molecule has 1 fully saturated rings. The van der Waals surface area contributed by atoms with Crippen LogP contribution in [0.5, 0.6) is 0 Å². The Balaban J connectivity index is 1.56. The van der Waals surface area contributed by atoms with Gasteiger partial charge in [0.1, 0.15) is 7.85 Å². The maximum absolute atomic E-state index is 12.0. The highest BCUT2D eigenvalue weighted by Crippen LogP contribution is 2.22. The molecule has 2 heterocycles. The fourth-order valence-corrected chi connectivity index (χ4v) is 3.92. The molecule has 1 aromatic heterocycles. The average Bonchev–Trinajstić information content (AvgIpc) is 2.99. The Morgan fingerprint density at radius 1 is 1.27 bits per heavy atom. The van der Waals surface area contributed by atoms with Crippen molar-refractivity contribution in [1.82, 2.24) is 9.47 Å². The number of hydrogen-bond donors (Lipinski definition) is 0. The second kappa shape index (κ2) is 8.87. The number of hydrogen-bond acceptors (Lipinski definition) is 3. The molecule has 0 N–H and O–H groups in total. The number of aryl methyl sites for hydroxylation is 1. The van der Waals surface area contributed by atoms with E-state index in [0.29, 0.717) is 6.10 Å². The van der Waals surface area contributed by atoms with E-state index in [2.05, 4.69) is 42.4 Å². The Kier molecular flexibility index (Phi) is 6.55. The number of Topliss-reactive ketones (excluding diaryl/α,β-unsaturated/α-hetero) is 1. The second-order valence-corrected chi connectivity index (χ2v) is 7.58. The van der Waals surface area contributed by atoms with Gasteiger partial charge in [-0.15, -0.1) is 0 Å². The first-order valence-corrected chi connectivity index (χ1v) is 10.0. The SMILES string of the molecule is Bc1ccc2c(C(C)=O)cn(CCCN3CCC(OCCC)CC3)c2c1. The molecule has 0 radical (unpaired) electrons. The summed E-state index contributed by atoms with van der Waals surface area (Å²) in [6, 6.07) is 6.36. The zero-order valence-electron chi connectivity index (χ0n) is 16.5.